The van der Waals surface area contributed by atoms with Gasteiger partial charge in [0.1, 0.15) is 5.82 Å². The molecule has 0 aliphatic heterocycles. The van der Waals surface area contributed by atoms with E-state index in [4.69, 9.17) is 11.6 Å². The summed E-state index contributed by atoms with van der Waals surface area (Å²) in [6.07, 6.45) is 0.942. The summed E-state index contributed by atoms with van der Waals surface area (Å²) in [5.41, 5.74) is 3.05. The number of aryl methyl sites for hydroxylation is 1. The SMILES string of the molecule is Cc1cc(CNC(C)Cc2ccc(Cl)cc2)ccc1F. The van der Waals surface area contributed by atoms with Crippen molar-refractivity contribution >= 4 is 11.6 Å². The Morgan fingerprint density at radius 1 is 1.10 bits per heavy atom. The molecule has 1 nitrogen and oxygen atoms in total. The number of hydrogen-bond donors (Lipinski definition) is 1. The van der Waals surface area contributed by atoms with Crippen molar-refractivity contribution in [3.05, 3.63) is 70.0 Å². The van der Waals surface area contributed by atoms with Crippen LogP contribution in [0.1, 0.15) is 23.6 Å². The highest BCUT2D eigenvalue weighted by atomic mass is 35.5. The van der Waals surface area contributed by atoms with Crippen LogP contribution in [0.4, 0.5) is 4.39 Å². The van der Waals surface area contributed by atoms with Crippen LogP contribution in [-0.4, -0.2) is 6.04 Å². The molecule has 0 spiro atoms. The molecule has 0 heterocycles. The van der Waals surface area contributed by atoms with Crippen molar-refractivity contribution in [3.63, 3.8) is 0 Å². The predicted molar refractivity (Wildman–Crippen MR) is 82.6 cm³/mol. The van der Waals surface area contributed by atoms with Gasteiger partial charge in [-0.1, -0.05) is 35.9 Å². The van der Waals surface area contributed by atoms with Gasteiger partial charge in [-0.25, -0.2) is 4.39 Å². The van der Waals surface area contributed by atoms with Gasteiger partial charge in [-0.15, -0.1) is 0 Å². The van der Waals surface area contributed by atoms with E-state index in [0.29, 0.717) is 11.6 Å². The third kappa shape index (κ3) is 4.32. The van der Waals surface area contributed by atoms with Crippen LogP contribution < -0.4 is 5.32 Å². The van der Waals surface area contributed by atoms with Crippen LogP contribution in [0.25, 0.3) is 0 Å². The van der Waals surface area contributed by atoms with Gasteiger partial charge in [0, 0.05) is 17.6 Å². The summed E-state index contributed by atoms with van der Waals surface area (Å²) in [6, 6.07) is 13.5. The van der Waals surface area contributed by atoms with Crippen LogP contribution in [-0.2, 0) is 13.0 Å². The van der Waals surface area contributed by atoms with Crippen molar-refractivity contribution in [2.45, 2.75) is 32.9 Å². The topological polar surface area (TPSA) is 12.0 Å². The first-order valence-corrected chi connectivity index (χ1v) is 7.15. The molecular formula is C17H19ClFN. The van der Waals surface area contributed by atoms with E-state index in [2.05, 4.69) is 12.2 Å². The second-order valence-electron chi connectivity index (χ2n) is 5.20. The molecule has 2 aromatic rings. The average molecular weight is 292 g/mol. The highest BCUT2D eigenvalue weighted by Gasteiger charge is 2.04. The molecule has 3 heteroatoms. The van der Waals surface area contributed by atoms with Crippen LogP contribution in [0.2, 0.25) is 5.02 Å². The molecular weight excluding hydrogens is 273 g/mol. The zero-order chi connectivity index (χ0) is 14.5. The molecule has 0 radical (unpaired) electrons. The van der Waals surface area contributed by atoms with Gasteiger partial charge in [-0.05, 0) is 55.2 Å². The summed E-state index contributed by atoms with van der Waals surface area (Å²) < 4.78 is 13.2. The Hall–Kier alpha value is -1.38. The van der Waals surface area contributed by atoms with Crippen LogP contribution in [0, 0.1) is 12.7 Å². The maximum atomic E-state index is 13.2. The van der Waals surface area contributed by atoms with Crippen LogP contribution in [0.5, 0.6) is 0 Å². The third-order valence-electron chi connectivity index (χ3n) is 3.33. The van der Waals surface area contributed by atoms with Crippen LogP contribution in [0.3, 0.4) is 0 Å². The fourth-order valence-electron chi connectivity index (χ4n) is 2.16. The molecule has 0 aromatic heterocycles. The van der Waals surface area contributed by atoms with Gasteiger partial charge in [-0.3, -0.25) is 0 Å². The highest BCUT2D eigenvalue weighted by molar-refractivity contribution is 6.30. The lowest BCUT2D eigenvalue weighted by Crippen LogP contribution is -2.27. The lowest BCUT2D eigenvalue weighted by atomic mass is 10.1. The van der Waals surface area contributed by atoms with Gasteiger partial charge in [0.05, 0.1) is 0 Å². The molecule has 0 saturated heterocycles. The van der Waals surface area contributed by atoms with E-state index < -0.39 is 0 Å². The first kappa shape index (κ1) is 15.0. The van der Waals surface area contributed by atoms with Crippen molar-refractivity contribution in [2.24, 2.45) is 0 Å². The van der Waals surface area contributed by atoms with E-state index in [9.17, 15) is 4.39 Å². The molecule has 0 bridgehead atoms. The van der Waals surface area contributed by atoms with Gasteiger partial charge in [-0.2, -0.15) is 0 Å². The van der Waals surface area contributed by atoms with Crippen LogP contribution in [0.15, 0.2) is 42.5 Å². The smallest absolute Gasteiger partial charge is 0.126 e. The molecule has 2 aromatic carbocycles. The molecule has 20 heavy (non-hydrogen) atoms. The van der Waals surface area contributed by atoms with E-state index >= 15 is 0 Å². The number of rotatable bonds is 5. The number of halogens is 2. The largest absolute Gasteiger partial charge is 0.310 e. The second kappa shape index (κ2) is 6.87. The zero-order valence-corrected chi connectivity index (χ0v) is 12.5. The van der Waals surface area contributed by atoms with Gasteiger partial charge in [0.25, 0.3) is 0 Å². The summed E-state index contributed by atoms with van der Waals surface area (Å²) in [4.78, 5) is 0. The monoisotopic (exact) mass is 291 g/mol. The van der Waals surface area contributed by atoms with Crippen molar-refractivity contribution < 1.29 is 4.39 Å². The van der Waals surface area contributed by atoms with Gasteiger partial charge in [0.15, 0.2) is 0 Å². The molecule has 0 aliphatic carbocycles. The van der Waals surface area contributed by atoms with Gasteiger partial charge < -0.3 is 5.32 Å². The maximum Gasteiger partial charge on any atom is 0.126 e. The molecule has 0 aliphatic rings. The molecule has 0 saturated carbocycles. The van der Waals surface area contributed by atoms with E-state index in [1.807, 2.05) is 36.4 Å². The number of hydrogen-bond acceptors (Lipinski definition) is 1. The first-order valence-electron chi connectivity index (χ1n) is 6.77. The normalized spacial score (nSPS) is 12.4. The van der Waals surface area contributed by atoms with Crippen molar-refractivity contribution in [1.82, 2.24) is 5.32 Å². The Labute approximate surface area is 124 Å². The fourth-order valence-corrected chi connectivity index (χ4v) is 2.28. The van der Waals surface area contributed by atoms with Crippen LogP contribution >= 0.6 is 11.6 Å². The third-order valence-corrected chi connectivity index (χ3v) is 3.58. The molecule has 1 unspecified atom stereocenters. The zero-order valence-electron chi connectivity index (χ0n) is 11.8. The fraction of sp³-hybridized carbons (Fsp3) is 0.294. The first-order chi connectivity index (χ1) is 9.54. The molecule has 1 N–H and O–H groups in total. The number of nitrogens with one attached hydrogen (secondary N) is 1. The minimum atomic E-state index is -0.150. The standard InChI is InChI=1S/C17H19ClFN/c1-12-9-15(5-8-17(12)19)11-20-13(2)10-14-3-6-16(18)7-4-14/h3-9,13,20H,10-11H2,1-2H3. The average Bonchev–Trinajstić information content (AvgIpc) is 2.43. The minimum Gasteiger partial charge on any atom is -0.310 e. The molecule has 0 amide bonds. The summed E-state index contributed by atoms with van der Waals surface area (Å²) >= 11 is 5.87. The Kier molecular flexibility index (Phi) is 5.16. The van der Waals surface area contributed by atoms with E-state index in [-0.39, 0.29) is 5.82 Å². The Bertz CT molecular complexity index is 566. The van der Waals surface area contributed by atoms with E-state index in [1.54, 1.807) is 6.92 Å². The Balaban J connectivity index is 1.86. The minimum absolute atomic E-state index is 0.150. The highest BCUT2D eigenvalue weighted by Crippen LogP contribution is 2.12. The summed E-state index contributed by atoms with van der Waals surface area (Å²) in [5.74, 6) is -0.150. The molecule has 0 fully saturated rings. The van der Waals surface area contributed by atoms with E-state index in [0.717, 1.165) is 23.6 Å². The van der Waals surface area contributed by atoms with Gasteiger partial charge >= 0.3 is 0 Å². The Morgan fingerprint density at radius 2 is 1.75 bits per heavy atom. The van der Waals surface area contributed by atoms with E-state index in [1.165, 1.54) is 11.6 Å². The molecule has 106 valence electrons. The van der Waals surface area contributed by atoms with Gasteiger partial charge in [0.2, 0.25) is 0 Å². The van der Waals surface area contributed by atoms with Crippen molar-refractivity contribution in [3.8, 4) is 0 Å². The summed E-state index contributed by atoms with van der Waals surface area (Å²) in [7, 11) is 0. The lowest BCUT2D eigenvalue weighted by molar-refractivity contribution is 0.544. The van der Waals surface area contributed by atoms with Crippen molar-refractivity contribution in [2.75, 3.05) is 0 Å². The quantitative estimate of drug-likeness (QED) is 0.855. The maximum absolute atomic E-state index is 13.2. The lowest BCUT2D eigenvalue weighted by Gasteiger charge is -2.14. The Morgan fingerprint density at radius 3 is 2.40 bits per heavy atom. The predicted octanol–water partition coefficient (Wildman–Crippen LogP) is 4.51. The number of benzene rings is 2. The second-order valence-corrected chi connectivity index (χ2v) is 5.63. The molecule has 2 rings (SSSR count). The van der Waals surface area contributed by atoms with Crippen molar-refractivity contribution in [1.29, 1.82) is 0 Å². The summed E-state index contributed by atoms with van der Waals surface area (Å²) in [5, 5.41) is 4.21. The molecule has 1 atom stereocenters. The summed E-state index contributed by atoms with van der Waals surface area (Å²) in [6.45, 7) is 4.68.